The van der Waals surface area contributed by atoms with Crippen LogP contribution in [0.2, 0.25) is 0 Å². The standard InChI is InChI=1S/C12H8N4O6/c1-15-6-3-2-5(4-7(6)22-12(15)21)16-11(20)13-9(17)8(14-16)10(18)19/h2-4H,1H3,(H,18,19)(H,13,17,20). The number of aryl methyl sites for hydroxylation is 1. The molecule has 10 nitrogen and oxygen atoms in total. The number of hydrogen-bond acceptors (Lipinski definition) is 6. The maximum absolute atomic E-state index is 11.8. The first-order valence-corrected chi connectivity index (χ1v) is 5.95. The molecule has 22 heavy (non-hydrogen) atoms. The maximum Gasteiger partial charge on any atom is 0.419 e. The lowest BCUT2D eigenvalue weighted by atomic mass is 10.3. The fourth-order valence-electron chi connectivity index (χ4n) is 1.97. The molecule has 0 aliphatic carbocycles. The van der Waals surface area contributed by atoms with E-state index < -0.39 is 28.7 Å². The number of H-pyrrole nitrogens is 1. The second kappa shape index (κ2) is 4.55. The van der Waals surface area contributed by atoms with Gasteiger partial charge >= 0.3 is 17.4 Å². The molecular weight excluding hydrogens is 296 g/mol. The molecule has 2 aromatic heterocycles. The zero-order valence-electron chi connectivity index (χ0n) is 11.1. The first kappa shape index (κ1) is 13.5. The number of benzene rings is 1. The Hall–Kier alpha value is -3.43. The highest BCUT2D eigenvalue weighted by Crippen LogP contribution is 2.15. The van der Waals surface area contributed by atoms with Gasteiger partial charge in [0.05, 0.1) is 11.2 Å². The van der Waals surface area contributed by atoms with Crippen LogP contribution in [-0.4, -0.2) is 30.4 Å². The fraction of sp³-hybridized carbons (Fsp3) is 0.0833. The summed E-state index contributed by atoms with van der Waals surface area (Å²) in [5.74, 6) is -2.15. The summed E-state index contributed by atoms with van der Waals surface area (Å²) in [5, 5.41) is 12.4. The van der Waals surface area contributed by atoms with Gasteiger partial charge in [-0.15, -0.1) is 0 Å². The highest BCUT2D eigenvalue weighted by atomic mass is 16.4. The third kappa shape index (κ3) is 1.93. The predicted molar refractivity (Wildman–Crippen MR) is 72.4 cm³/mol. The number of hydrogen-bond donors (Lipinski definition) is 2. The first-order chi connectivity index (χ1) is 10.4. The molecule has 0 aliphatic rings. The average molecular weight is 304 g/mol. The number of fused-ring (bicyclic) bond motifs is 1. The molecule has 0 fully saturated rings. The summed E-state index contributed by atoms with van der Waals surface area (Å²) in [6.07, 6.45) is 0. The van der Waals surface area contributed by atoms with E-state index in [9.17, 15) is 19.2 Å². The molecule has 1 aromatic carbocycles. The molecule has 0 unspecified atom stereocenters. The lowest BCUT2D eigenvalue weighted by molar-refractivity contribution is 0.0685. The predicted octanol–water partition coefficient (Wildman–Crippen LogP) is -0.936. The van der Waals surface area contributed by atoms with E-state index in [4.69, 9.17) is 9.52 Å². The van der Waals surface area contributed by atoms with Crippen LogP contribution >= 0.6 is 0 Å². The number of aromatic nitrogens is 4. The fourth-order valence-corrected chi connectivity index (χ4v) is 1.97. The highest BCUT2D eigenvalue weighted by Gasteiger charge is 2.15. The Bertz CT molecular complexity index is 1080. The van der Waals surface area contributed by atoms with Gasteiger partial charge in [-0.3, -0.25) is 14.3 Å². The second-order valence-corrected chi connectivity index (χ2v) is 4.40. The van der Waals surface area contributed by atoms with E-state index in [1.807, 2.05) is 4.98 Å². The Kier molecular flexibility index (Phi) is 2.80. The summed E-state index contributed by atoms with van der Waals surface area (Å²) >= 11 is 0. The van der Waals surface area contributed by atoms with Crippen molar-refractivity contribution in [2.24, 2.45) is 7.05 Å². The van der Waals surface area contributed by atoms with Crippen LogP contribution in [0.25, 0.3) is 16.8 Å². The number of aromatic carboxylic acids is 1. The van der Waals surface area contributed by atoms with Crippen LogP contribution < -0.4 is 17.0 Å². The van der Waals surface area contributed by atoms with E-state index in [0.717, 1.165) is 0 Å². The number of nitrogens with zero attached hydrogens (tertiary/aromatic N) is 3. The Morgan fingerprint density at radius 2 is 2.05 bits per heavy atom. The molecular formula is C12H8N4O6. The topological polar surface area (TPSA) is 140 Å². The molecule has 3 rings (SSSR count). The van der Waals surface area contributed by atoms with Crippen molar-refractivity contribution in [2.75, 3.05) is 0 Å². The monoisotopic (exact) mass is 304 g/mol. The zero-order valence-corrected chi connectivity index (χ0v) is 11.1. The largest absolute Gasteiger partial charge is 0.476 e. The van der Waals surface area contributed by atoms with Crippen molar-refractivity contribution in [3.63, 3.8) is 0 Å². The number of rotatable bonds is 2. The highest BCUT2D eigenvalue weighted by molar-refractivity contribution is 5.84. The molecule has 10 heteroatoms. The van der Waals surface area contributed by atoms with E-state index in [2.05, 4.69) is 5.10 Å². The van der Waals surface area contributed by atoms with E-state index in [1.54, 1.807) is 0 Å². The SMILES string of the molecule is Cn1c(=O)oc2cc(-n3nc(C(=O)O)c(=O)[nH]c3=O)ccc21. The van der Waals surface area contributed by atoms with Crippen molar-refractivity contribution in [1.29, 1.82) is 0 Å². The molecule has 0 bridgehead atoms. The Labute approximate surface area is 119 Å². The molecule has 112 valence electrons. The number of oxazole rings is 1. The van der Waals surface area contributed by atoms with Crippen LogP contribution in [0.5, 0.6) is 0 Å². The summed E-state index contributed by atoms with van der Waals surface area (Å²) in [6.45, 7) is 0. The number of aromatic amines is 1. The number of carboxylic acids is 1. The third-order valence-corrected chi connectivity index (χ3v) is 3.05. The summed E-state index contributed by atoms with van der Waals surface area (Å²) in [6, 6.07) is 4.29. The van der Waals surface area contributed by atoms with E-state index >= 15 is 0 Å². The van der Waals surface area contributed by atoms with Crippen LogP contribution in [0, 0.1) is 0 Å². The van der Waals surface area contributed by atoms with Gasteiger partial charge in [0.15, 0.2) is 5.58 Å². The number of carbonyl (C=O) groups is 1. The van der Waals surface area contributed by atoms with Crippen molar-refractivity contribution in [2.45, 2.75) is 0 Å². The minimum atomic E-state index is -1.57. The first-order valence-electron chi connectivity index (χ1n) is 5.95. The van der Waals surface area contributed by atoms with E-state index in [-0.39, 0.29) is 11.3 Å². The van der Waals surface area contributed by atoms with Gasteiger partial charge in [-0.1, -0.05) is 0 Å². The van der Waals surface area contributed by atoms with Crippen molar-refractivity contribution in [1.82, 2.24) is 19.3 Å². The Morgan fingerprint density at radius 1 is 1.32 bits per heavy atom. The van der Waals surface area contributed by atoms with Gasteiger partial charge in [0, 0.05) is 13.1 Å². The molecule has 0 amide bonds. The van der Waals surface area contributed by atoms with Gasteiger partial charge in [-0.05, 0) is 12.1 Å². The van der Waals surface area contributed by atoms with Crippen molar-refractivity contribution >= 4 is 17.1 Å². The minimum Gasteiger partial charge on any atom is -0.476 e. The number of nitrogens with one attached hydrogen (secondary N) is 1. The normalized spacial score (nSPS) is 11.0. The Balaban J connectivity index is 2.29. The summed E-state index contributed by atoms with van der Waals surface area (Å²) in [4.78, 5) is 47.3. The van der Waals surface area contributed by atoms with Gasteiger partial charge in [-0.2, -0.15) is 9.78 Å². The lowest BCUT2D eigenvalue weighted by Crippen LogP contribution is -2.35. The van der Waals surface area contributed by atoms with E-state index in [1.165, 1.54) is 29.8 Å². The van der Waals surface area contributed by atoms with Crippen LogP contribution in [0.4, 0.5) is 0 Å². The van der Waals surface area contributed by atoms with Crippen LogP contribution in [-0.2, 0) is 7.05 Å². The Morgan fingerprint density at radius 3 is 2.73 bits per heavy atom. The minimum absolute atomic E-state index is 0.144. The second-order valence-electron chi connectivity index (χ2n) is 4.40. The molecule has 0 saturated heterocycles. The zero-order chi connectivity index (χ0) is 16.0. The summed E-state index contributed by atoms with van der Waals surface area (Å²) < 4.78 is 6.95. The van der Waals surface area contributed by atoms with Crippen molar-refractivity contribution in [3.05, 3.63) is 55.3 Å². The van der Waals surface area contributed by atoms with Crippen LogP contribution in [0.3, 0.4) is 0 Å². The van der Waals surface area contributed by atoms with Gasteiger partial charge in [0.25, 0.3) is 5.56 Å². The molecule has 3 aromatic rings. The smallest absolute Gasteiger partial charge is 0.419 e. The molecule has 0 aliphatic heterocycles. The molecule has 0 atom stereocenters. The van der Waals surface area contributed by atoms with Crippen LogP contribution in [0.15, 0.2) is 37.0 Å². The van der Waals surface area contributed by atoms with E-state index in [0.29, 0.717) is 10.2 Å². The third-order valence-electron chi connectivity index (χ3n) is 3.05. The molecule has 2 heterocycles. The van der Waals surface area contributed by atoms with Gasteiger partial charge < -0.3 is 9.52 Å². The van der Waals surface area contributed by atoms with Crippen molar-refractivity contribution in [3.8, 4) is 5.69 Å². The number of carboxylic acid groups (broad SMARTS) is 1. The lowest BCUT2D eigenvalue weighted by Gasteiger charge is -2.04. The average Bonchev–Trinajstić information content (AvgIpc) is 2.73. The maximum atomic E-state index is 11.8. The van der Waals surface area contributed by atoms with Crippen LogP contribution in [0.1, 0.15) is 10.5 Å². The molecule has 2 N–H and O–H groups in total. The van der Waals surface area contributed by atoms with Gasteiger partial charge in [0.1, 0.15) is 0 Å². The van der Waals surface area contributed by atoms with Crippen molar-refractivity contribution < 1.29 is 14.3 Å². The quantitative estimate of drug-likeness (QED) is 0.622. The summed E-state index contributed by atoms with van der Waals surface area (Å²) in [5.41, 5.74) is -2.00. The molecule has 0 saturated carbocycles. The van der Waals surface area contributed by atoms with Gasteiger partial charge in [0.2, 0.25) is 5.69 Å². The molecule has 0 radical (unpaired) electrons. The van der Waals surface area contributed by atoms with Gasteiger partial charge in [-0.25, -0.2) is 14.4 Å². The summed E-state index contributed by atoms with van der Waals surface area (Å²) in [7, 11) is 1.51. The molecule has 0 spiro atoms.